The van der Waals surface area contributed by atoms with Crippen molar-refractivity contribution < 1.29 is 23.9 Å². The van der Waals surface area contributed by atoms with Crippen molar-refractivity contribution in [3.8, 4) is 0 Å². The molecule has 1 N–H and O–H groups in total. The zero-order valence-corrected chi connectivity index (χ0v) is 23.6. The van der Waals surface area contributed by atoms with Crippen LogP contribution < -0.4 is 5.32 Å². The van der Waals surface area contributed by atoms with Gasteiger partial charge in [-0.15, -0.1) is 0 Å². The smallest absolute Gasteiger partial charge is 0.329 e. The molecule has 168 valence electrons. The van der Waals surface area contributed by atoms with Crippen molar-refractivity contribution in [3.05, 3.63) is 57.3 Å². The third-order valence-corrected chi connectivity index (χ3v) is 9.74. The summed E-state index contributed by atoms with van der Waals surface area (Å²) in [4.78, 5) is 51.3. The summed E-state index contributed by atoms with van der Waals surface area (Å²) in [6, 6.07) is 3.22. The van der Waals surface area contributed by atoms with E-state index in [1.165, 1.54) is 19.1 Å². The molecule has 3 amide bonds. The van der Waals surface area contributed by atoms with Gasteiger partial charge in [-0.2, -0.15) is 0 Å². The van der Waals surface area contributed by atoms with E-state index in [-0.39, 0.29) is 21.8 Å². The van der Waals surface area contributed by atoms with Crippen LogP contribution in [0.15, 0.2) is 36.1 Å². The van der Waals surface area contributed by atoms with Crippen LogP contribution in [-0.2, 0) is 14.3 Å². The van der Waals surface area contributed by atoms with Gasteiger partial charge >= 0.3 is 5.97 Å². The average Bonchev–Trinajstić information content (AvgIpc) is 3.01. The van der Waals surface area contributed by atoms with E-state index in [1.807, 2.05) is 0 Å². The van der Waals surface area contributed by atoms with Gasteiger partial charge in [0.25, 0.3) is 17.7 Å². The summed E-state index contributed by atoms with van der Waals surface area (Å²) in [5, 5.41) is 3.08. The van der Waals surface area contributed by atoms with Crippen LogP contribution in [0.1, 0.15) is 27.6 Å². The third-order valence-electron chi connectivity index (χ3n) is 4.41. The van der Waals surface area contributed by atoms with Crippen molar-refractivity contribution in [1.29, 1.82) is 0 Å². The maximum absolute atomic E-state index is 12.9. The zero-order valence-electron chi connectivity index (χ0n) is 15.8. The van der Waals surface area contributed by atoms with E-state index in [4.69, 9.17) is 27.9 Å². The number of hydrogen-bond donors (Lipinski definition) is 1. The zero-order chi connectivity index (χ0) is 23.9. The Morgan fingerprint density at radius 2 is 1.53 bits per heavy atom. The van der Waals surface area contributed by atoms with E-state index < -0.39 is 36.3 Å². The van der Waals surface area contributed by atoms with Gasteiger partial charge < -0.3 is 10.1 Å². The minimum Gasteiger partial charge on any atom is -0.454 e. The fourth-order valence-corrected chi connectivity index (χ4v) is 5.65. The molecule has 0 aromatic heterocycles. The molecule has 13 heteroatoms. The maximum atomic E-state index is 12.9. The Bertz CT molecular complexity index is 1140. The molecular formula is C19H10Br4Cl2N2O5. The van der Waals surface area contributed by atoms with Crippen LogP contribution in [-0.4, -0.2) is 41.2 Å². The predicted octanol–water partition coefficient (Wildman–Crippen LogP) is 6.21. The number of carbonyl (C=O) groups excluding carboxylic acids is 4. The number of ether oxygens (including phenoxy) is 1. The van der Waals surface area contributed by atoms with E-state index in [1.54, 1.807) is 6.07 Å². The number of benzene rings is 2. The quantitative estimate of drug-likeness (QED) is 0.171. The van der Waals surface area contributed by atoms with Gasteiger partial charge in [-0.05, 0) is 88.8 Å². The van der Waals surface area contributed by atoms with Crippen LogP contribution in [0.2, 0.25) is 10.0 Å². The van der Waals surface area contributed by atoms with Gasteiger partial charge in [-0.1, -0.05) is 23.2 Å². The molecule has 0 spiro atoms. The number of carbonyl (C=O) groups is 4. The lowest BCUT2D eigenvalue weighted by Crippen LogP contribution is -2.44. The van der Waals surface area contributed by atoms with E-state index >= 15 is 0 Å². The lowest BCUT2D eigenvalue weighted by molar-refractivity contribution is -0.150. The van der Waals surface area contributed by atoms with Crippen LogP contribution in [0, 0.1) is 0 Å². The molecule has 1 heterocycles. The monoisotopic (exact) mass is 732 g/mol. The molecule has 0 bridgehead atoms. The Balaban J connectivity index is 1.72. The van der Waals surface area contributed by atoms with Gasteiger partial charge in [-0.3, -0.25) is 19.3 Å². The number of nitrogens with one attached hydrogen (secondary N) is 1. The Hall–Kier alpha value is -0.980. The average molecular weight is 737 g/mol. The summed E-state index contributed by atoms with van der Waals surface area (Å²) in [5.74, 6) is -2.96. The van der Waals surface area contributed by atoms with Crippen LogP contribution in [0.25, 0.3) is 0 Å². The first kappa shape index (κ1) is 25.6. The van der Waals surface area contributed by atoms with Gasteiger partial charge in [0.1, 0.15) is 6.04 Å². The minimum atomic E-state index is -1.28. The third kappa shape index (κ3) is 4.78. The minimum absolute atomic E-state index is 0.102. The number of imide groups is 1. The number of esters is 1. The van der Waals surface area contributed by atoms with Gasteiger partial charge in [0.15, 0.2) is 6.61 Å². The van der Waals surface area contributed by atoms with Crippen molar-refractivity contribution in [2.45, 2.75) is 13.0 Å². The Kier molecular flexibility index (Phi) is 8.10. The van der Waals surface area contributed by atoms with Crippen LogP contribution >= 0.6 is 86.9 Å². The molecule has 0 fully saturated rings. The second-order valence-corrected chi connectivity index (χ2v) is 10.5. The van der Waals surface area contributed by atoms with Gasteiger partial charge in [0.2, 0.25) is 0 Å². The summed E-state index contributed by atoms with van der Waals surface area (Å²) in [6.45, 7) is 0.682. The van der Waals surface area contributed by atoms with Crippen molar-refractivity contribution in [1.82, 2.24) is 4.90 Å². The van der Waals surface area contributed by atoms with E-state index in [9.17, 15) is 19.2 Å². The van der Waals surface area contributed by atoms with Crippen LogP contribution in [0.4, 0.5) is 5.69 Å². The number of fused-ring (bicyclic) bond motifs is 1. The molecule has 1 aliphatic heterocycles. The highest BCUT2D eigenvalue weighted by Gasteiger charge is 2.45. The lowest BCUT2D eigenvalue weighted by atomic mass is 10.1. The molecule has 0 saturated heterocycles. The van der Waals surface area contributed by atoms with Crippen molar-refractivity contribution in [2.75, 3.05) is 11.9 Å². The molecule has 0 saturated carbocycles. The molecule has 1 unspecified atom stereocenters. The largest absolute Gasteiger partial charge is 0.454 e. The van der Waals surface area contributed by atoms with Gasteiger partial charge in [-0.25, -0.2) is 4.79 Å². The molecule has 1 aliphatic rings. The number of anilines is 1. The summed E-state index contributed by atoms with van der Waals surface area (Å²) in [6.07, 6.45) is 0. The number of halogens is 6. The van der Waals surface area contributed by atoms with Crippen molar-refractivity contribution in [2.24, 2.45) is 0 Å². The normalized spacial score (nSPS) is 13.8. The highest BCUT2D eigenvalue weighted by atomic mass is 79.9. The second kappa shape index (κ2) is 10.1. The van der Waals surface area contributed by atoms with Gasteiger partial charge in [0, 0.05) is 22.9 Å². The second-order valence-electron chi connectivity index (χ2n) is 6.44. The number of amides is 3. The lowest BCUT2D eigenvalue weighted by Gasteiger charge is -2.20. The van der Waals surface area contributed by atoms with Gasteiger partial charge in [0.05, 0.1) is 21.8 Å². The van der Waals surface area contributed by atoms with E-state index in [0.29, 0.717) is 22.9 Å². The maximum Gasteiger partial charge on any atom is 0.329 e. The first-order chi connectivity index (χ1) is 15.0. The highest BCUT2D eigenvalue weighted by Crippen LogP contribution is 2.45. The molecule has 2 aromatic carbocycles. The summed E-state index contributed by atoms with van der Waals surface area (Å²) < 4.78 is 6.79. The number of hydrogen-bond acceptors (Lipinski definition) is 5. The molecule has 7 nitrogen and oxygen atoms in total. The summed E-state index contributed by atoms with van der Waals surface area (Å²) in [5.41, 5.74) is 0.453. The summed E-state index contributed by atoms with van der Waals surface area (Å²) in [7, 11) is 0. The fourth-order valence-electron chi connectivity index (χ4n) is 2.86. The fraction of sp³-hybridized carbons (Fsp3) is 0.158. The standard InChI is InChI=1S/C19H10Br4Cl2N2O5/c1-6(19(31)32-5-10(28)26-9-4-7(24)2-3-8(9)25)27-17(29)11-12(18(27)30)14(21)16(23)15(22)13(11)20/h2-4,6H,5H2,1H3,(H,26,28). The molecule has 0 aliphatic carbocycles. The molecule has 32 heavy (non-hydrogen) atoms. The SMILES string of the molecule is CC(C(=O)OCC(=O)Nc1cc(Cl)ccc1Cl)N1C(=O)c2c(Br)c(Br)c(Br)c(Br)c2C1=O. The summed E-state index contributed by atoms with van der Waals surface area (Å²) >= 11 is 25.1. The Morgan fingerprint density at radius 3 is 2.06 bits per heavy atom. The topological polar surface area (TPSA) is 92.8 Å². The van der Waals surface area contributed by atoms with Crippen molar-refractivity contribution >= 4 is 116 Å². The Morgan fingerprint density at radius 1 is 1.00 bits per heavy atom. The van der Waals surface area contributed by atoms with Crippen LogP contribution in [0.5, 0.6) is 0 Å². The Labute approximate surface area is 225 Å². The molecule has 2 aromatic rings. The number of rotatable bonds is 5. The first-order valence-electron chi connectivity index (χ1n) is 8.61. The first-order valence-corrected chi connectivity index (χ1v) is 12.5. The van der Waals surface area contributed by atoms with Crippen LogP contribution in [0.3, 0.4) is 0 Å². The van der Waals surface area contributed by atoms with E-state index in [0.717, 1.165) is 4.90 Å². The molecule has 0 radical (unpaired) electrons. The molecular weight excluding hydrogens is 727 g/mol. The highest BCUT2D eigenvalue weighted by molar-refractivity contribution is 9.15. The number of nitrogens with zero attached hydrogens (tertiary/aromatic N) is 1. The predicted molar refractivity (Wildman–Crippen MR) is 133 cm³/mol. The molecule has 3 rings (SSSR count). The van der Waals surface area contributed by atoms with Crippen molar-refractivity contribution in [3.63, 3.8) is 0 Å². The molecule has 1 atom stereocenters. The van der Waals surface area contributed by atoms with E-state index in [2.05, 4.69) is 69.0 Å².